The maximum Gasteiger partial charge on any atom is 0.0309 e. The zero-order valence-electron chi connectivity index (χ0n) is 6.64. The first-order valence-corrected chi connectivity index (χ1v) is 3.75. The minimum atomic E-state index is 0.853. The van der Waals surface area contributed by atoms with Gasteiger partial charge in [0, 0.05) is 19.0 Å². The third-order valence-electron chi connectivity index (χ3n) is 1.15. The van der Waals surface area contributed by atoms with Gasteiger partial charge in [-0.15, -0.1) is 0 Å². The van der Waals surface area contributed by atoms with Gasteiger partial charge in [-0.25, -0.2) is 0 Å². The molecule has 10 heavy (non-hydrogen) atoms. The maximum absolute atomic E-state index is 3.85. The van der Waals surface area contributed by atoms with Crippen molar-refractivity contribution in [3.63, 3.8) is 0 Å². The number of rotatable bonds is 6. The molecule has 0 heterocycles. The molecule has 0 rings (SSSR count). The topological polar surface area (TPSA) is 24.4 Å². The van der Waals surface area contributed by atoms with Crippen LogP contribution in [0.3, 0.4) is 0 Å². The van der Waals surface area contributed by atoms with E-state index in [-0.39, 0.29) is 0 Å². The molecule has 0 saturated heterocycles. The number of nitrogens with one attached hydrogen (secondary N) is 1. The molecule has 0 aliphatic heterocycles. The monoisotopic (exact) mass is 140 g/mol. The Kier molecular flexibility index (Phi) is 7.84. The Balaban J connectivity index is 2.90. The summed E-state index contributed by atoms with van der Waals surface area (Å²) in [5.41, 5.74) is 0. The van der Waals surface area contributed by atoms with Gasteiger partial charge in [0.1, 0.15) is 0 Å². The summed E-state index contributed by atoms with van der Waals surface area (Å²) in [5, 5.41) is 3.22. The summed E-state index contributed by atoms with van der Waals surface area (Å²) in [6.07, 6.45) is 5.84. The van der Waals surface area contributed by atoms with Gasteiger partial charge >= 0.3 is 0 Å². The van der Waals surface area contributed by atoms with E-state index in [9.17, 15) is 0 Å². The van der Waals surface area contributed by atoms with Crippen molar-refractivity contribution in [2.75, 3.05) is 13.1 Å². The van der Waals surface area contributed by atoms with Crippen molar-refractivity contribution in [1.29, 1.82) is 0 Å². The van der Waals surface area contributed by atoms with Crippen molar-refractivity contribution < 1.29 is 0 Å². The molecule has 2 heteroatoms. The fourth-order valence-electron chi connectivity index (χ4n) is 0.596. The van der Waals surface area contributed by atoms with E-state index < -0.39 is 0 Å². The largest absolute Gasteiger partial charge is 0.312 e. The van der Waals surface area contributed by atoms with Crippen molar-refractivity contribution in [2.45, 2.75) is 19.8 Å². The fraction of sp³-hybridized carbons (Fsp3) is 0.625. The first kappa shape index (κ1) is 9.37. The summed E-state index contributed by atoms with van der Waals surface area (Å²) in [7, 11) is 0. The zero-order chi connectivity index (χ0) is 7.66. The first-order valence-electron chi connectivity index (χ1n) is 3.75. The minimum Gasteiger partial charge on any atom is -0.312 e. The van der Waals surface area contributed by atoms with Crippen LogP contribution in [-0.4, -0.2) is 19.3 Å². The molecule has 0 spiro atoms. The third-order valence-corrected chi connectivity index (χ3v) is 1.15. The lowest BCUT2D eigenvalue weighted by Gasteiger charge is -1.96. The van der Waals surface area contributed by atoms with Crippen LogP contribution in [0.25, 0.3) is 0 Å². The molecule has 0 aromatic heterocycles. The number of hydrogen-bond acceptors (Lipinski definition) is 2. The standard InChI is InChI=1S/C8H16N2/c1-3-5-6-10-8-7-9-4-2/h4,7,10H,2-3,5-6,8H2,1H3. The second-order valence-electron chi connectivity index (χ2n) is 2.07. The van der Waals surface area contributed by atoms with Gasteiger partial charge in [-0.05, 0) is 13.0 Å². The Bertz CT molecular complexity index is 97.4. The van der Waals surface area contributed by atoms with Crippen molar-refractivity contribution in [2.24, 2.45) is 4.99 Å². The molecule has 0 saturated carbocycles. The lowest BCUT2D eigenvalue weighted by atomic mass is 10.3. The molecular formula is C8H16N2. The van der Waals surface area contributed by atoms with Gasteiger partial charge < -0.3 is 5.32 Å². The van der Waals surface area contributed by atoms with Crippen molar-refractivity contribution in [1.82, 2.24) is 5.32 Å². The fourth-order valence-corrected chi connectivity index (χ4v) is 0.596. The molecule has 0 aliphatic rings. The minimum absolute atomic E-state index is 0.853. The van der Waals surface area contributed by atoms with E-state index in [1.807, 2.05) is 6.21 Å². The summed E-state index contributed by atoms with van der Waals surface area (Å²) in [4.78, 5) is 3.85. The predicted octanol–water partition coefficient (Wildman–Crippen LogP) is 1.59. The Morgan fingerprint density at radius 3 is 3.00 bits per heavy atom. The van der Waals surface area contributed by atoms with E-state index in [1.165, 1.54) is 12.8 Å². The Hall–Kier alpha value is -0.630. The molecule has 0 atom stereocenters. The first-order chi connectivity index (χ1) is 4.91. The van der Waals surface area contributed by atoms with Crippen molar-refractivity contribution >= 4 is 6.21 Å². The Morgan fingerprint density at radius 1 is 1.60 bits per heavy atom. The number of unbranched alkanes of at least 4 members (excludes halogenated alkanes) is 1. The van der Waals surface area contributed by atoms with Crippen LogP contribution in [0.1, 0.15) is 19.8 Å². The van der Waals surface area contributed by atoms with Crippen LogP contribution < -0.4 is 5.32 Å². The highest BCUT2D eigenvalue weighted by Gasteiger charge is 1.80. The van der Waals surface area contributed by atoms with Gasteiger partial charge in [-0.2, -0.15) is 0 Å². The highest BCUT2D eigenvalue weighted by Crippen LogP contribution is 1.80. The molecule has 0 radical (unpaired) electrons. The lowest BCUT2D eigenvalue weighted by Crippen LogP contribution is -2.17. The molecule has 0 amide bonds. The smallest absolute Gasteiger partial charge is 0.0309 e. The van der Waals surface area contributed by atoms with E-state index >= 15 is 0 Å². The molecule has 0 aromatic rings. The molecule has 0 aliphatic carbocycles. The molecule has 0 aromatic carbocycles. The number of hydrogen-bond donors (Lipinski definition) is 1. The lowest BCUT2D eigenvalue weighted by molar-refractivity contribution is 0.693. The predicted molar refractivity (Wildman–Crippen MR) is 46.5 cm³/mol. The van der Waals surface area contributed by atoms with Gasteiger partial charge in [-0.3, -0.25) is 4.99 Å². The average molecular weight is 140 g/mol. The molecule has 2 nitrogen and oxygen atoms in total. The van der Waals surface area contributed by atoms with E-state index in [4.69, 9.17) is 0 Å². The van der Waals surface area contributed by atoms with Gasteiger partial charge in [0.2, 0.25) is 0 Å². The molecule has 0 fully saturated rings. The summed E-state index contributed by atoms with van der Waals surface area (Å²) < 4.78 is 0. The molecular weight excluding hydrogens is 124 g/mol. The van der Waals surface area contributed by atoms with Crippen LogP contribution in [0.15, 0.2) is 17.8 Å². The average Bonchev–Trinajstić information content (AvgIpc) is 1.97. The van der Waals surface area contributed by atoms with E-state index in [2.05, 4.69) is 23.8 Å². The van der Waals surface area contributed by atoms with Gasteiger partial charge in [-0.1, -0.05) is 19.9 Å². The third kappa shape index (κ3) is 7.37. The molecule has 58 valence electrons. The summed E-state index contributed by atoms with van der Waals surface area (Å²) in [6, 6.07) is 0. The normalized spacial score (nSPS) is 10.5. The van der Waals surface area contributed by atoms with Crippen molar-refractivity contribution in [3.05, 3.63) is 12.8 Å². The van der Waals surface area contributed by atoms with Crippen LogP contribution in [0.4, 0.5) is 0 Å². The van der Waals surface area contributed by atoms with Gasteiger partial charge in [0.15, 0.2) is 0 Å². The van der Waals surface area contributed by atoms with E-state index in [0.717, 1.165) is 13.1 Å². The summed E-state index contributed by atoms with van der Waals surface area (Å²) in [6.45, 7) is 7.59. The van der Waals surface area contributed by atoms with Crippen LogP contribution in [0.2, 0.25) is 0 Å². The molecule has 1 N–H and O–H groups in total. The Morgan fingerprint density at radius 2 is 2.40 bits per heavy atom. The Labute approximate surface area is 63.0 Å². The molecule has 0 bridgehead atoms. The van der Waals surface area contributed by atoms with Gasteiger partial charge in [0.25, 0.3) is 0 Å². The highest BCUT2D eigenvalue weighted by atomic mass is 14.9. The summed E-state index contributed by atoms with van der Waals surface area (Å²) >= 11 is 0. The van der Waals surface area contributed by atoms with Crippen LogP contribution >= 0.6 is 0 Å². The number of nitrogens with zero attached hydrogens (tertiary/aromatic N) is 1. The van der Waals surface area contributed by atoms with Crippen LogP contribution in [-0.2, 0) is 0 Å². The van der Waals surface area contributed by atoms with Crippen molar-refractivity contribution in [3.8, 4) is 0 Å². The highest BCUT2D eigenvalue weighted by molar-refractivity contribution is 5.60. The summed E-state index contributed by atoms with van der Waals surface area (Å²) in [5.74, 6) is 0. The van der Waals surface area contributed by atoms with E-state index in [0.29, 0.717) is 0 Å². The van der Waals surface area contributed by atoms with E-state index in [1.54, 1.807) is 6.20 Å². The SMILES string of the molecule is C=CN=CCNCCCC. The second-order valence-corrected chi connectivity index (χ2v) is 2.07. The van der Waals surface area contributed by atoms with Crippen LogP contribution in [0.5, 0.6) is 0 Å². The van der Waals surface area contributed by atoms with Crippen LogP contribution in [0, 0.1) is 0 Å². The molecule has 0 unspecified atom stereocenters. The zero-order valence-corrected chi connectivity index (χ0v) is 6.64. The number of aliphatic imine (C=N–C) groups is 1. The maximum atomic E-state index is 3.85. The second kappa shape index (κ2) is 8.37. The quantitative estimate of drug-likeness (QED) is 0.439. The van der Waals surface area contributed by atoms with Gasteiger partial charge in [0.05, 0.1) is 0 Å².